The van der Waals surface area contributed by atoms with Gasteiger partial charge >= 0.3 is 0 Å². The minimum Gasteiger partial charge on any atom is -0.504 e. The van der Waals surface area contributed by atoms with Crippen LogP contribution < -0.4 is 14.9 Å². The maximum absolute atomic E-state index is 13.8. The molecule has 0 fully saturated rings. The number of phenols is 4. The highest BCUT2D eigenvalue weighted by Gasteiger charge is 2.27. The number of anilines is 2. The van der Waals surface area contributed by atoms with Crippen molar-refractivity contribution in [3.63, 3.8) is 0 Å². The molecule has 4 aromatic carbocycles. The zero-order valence-corrected chi connectivity index (χ0v) is 31.9. The first-order valence-electron chi connectivity index (χ1n) is 15.8. The smallest absolute Gasteiger partial charge is 0.263 e. The lowest BCUT2D eigenvalue weighted by molar-refractivity contribution is 0.368. The second-order valence-corrected chi connectivity index (χ2v) is 16.8. The van der Waals surface area contributed by atoms with E-state index in [0.717, 1.165) is 34.8 Å². The van der Waals surface area contributed by atoms with E-state index in [1.165, 1.54) is 67.8 Å². The highest BCUT2D eigenvalue weighted by Crippen LogP contribution is 2.49. The summed E-state index contributed by atoms with van der Waals surface area (Å²) in [5.41, 5.74) is -2.43. The summed E-state index contributed by atoms with van der Waals surface area (Å²) in [4.78, 5) is 21.4. The van der Waals surface area contributed by atoms with Crippen LogP contribution in [-0.4, -0.2) is 52.3 Å². The lowest BCUT2D eigenvalue weighted by Crippen LogP contribution is -2.12. The minimum atomic E-state index is -4.01. The van der Waals surface area contributed by atoms with Crippen molar-refractivity contribution < 1.29 is 46.8 Å². The van der Waals surface area contributed by atoms with Crippen molar-refractivity contribution in [1.82, 2.24) is 9.97 Å². The number of aryl methyl sites for hydroxylation is 1. The molecule has 0 aliphatic carbocycles. The van der Waals surface area contributed by atoms with Crippen molar-refractivity contribution in [2.24, 2.45) is 20.5 Å². The molecule has 3 aromatic heterocycles. The number of hydrogen-bond donors (Lipinski definition) is 7. The summed E-state index contributed by atoms with van der Waals surface area (Å²) in [5, 5.41) is 72.3. The number of azo groups is 2. The molecule has 0 spiro atoms. The fraction of sp³-hybridized carbons (Fsp3) is 0.0294. The number of fused-ring (bicyclic) bond motifs is 1. The Morgan fingerprint density at radius 1 is 0.649 bits per heavy atom. The molecule has 0 radical (unpaired) electrons. The van der Waals surface area contributed by atoms with Crippen LogP contribution in [0.5, 0.6) is 28.7 Å². The van der Waals surface area contributed by atoms with Gasteiger partial charge in [0.2, 0.25) is 11.2 Å². The average Bonchev–Trinajstić information content (AvgIpc) is 3.89. The Morgan fingerprint density at radius 3 is 1.58 bits per heavy atom. The van der Waals surface area contributed by atoms with Gasteiger partial charge in [-0.05, 0) is 73.2 Å². The lowest BCUT2D eigenvalue weighted by Gasteiger charge is -2.13. The van der Waals surface area contributed by atoms with E-state index in [1.807, 2.05) is 0 Å². The average molecular weight is 849 g/mol. The molecule has 19 nitrogen and oxygen atoms in total. The van der Waals surface area contributed by atoms with Crippen LogP contribution in [0.15, 0.2) is 123 Å². The summed E-state index contributed by atoms with van der Waals surface area (Å²) in [6.07, 6.45) is 2.88. The predicted molar refractivity (Wildman–Crippen MR) is 208 cm³/mol. The van der Waals surface area contributed by atoms with E-state index in [2.05, 4.69) is 39.9 Å². The Labute approximate surface area is 328 Å². The molecule has 7 aromatic rings. The van der Waals surface area contributed by atoms with E-state index in [9.17, 15) is 47.2 Å². The number of rotatable bonds is 11. The Bertz CT molecular complexity index is 2990. The van der Waals surface area contributed by atoms with E-state index >= 15 is 0 Å². The Kier molecular flexibility index (Phi) is 10.0. The Morgan fingerprint density at radius 2 is 1.12 bits per heavy atom. The van der Waals surface area contributed by atoms with Gasteiger partial charge in [0.05, 0.1) is 26.6 Å². The summed E-state index contributed by atoms with van der Waals surface area (Å²) < 4.78 is 61.8. The summed E-state index contributed by atoms with van der Waals surface area (Å²) >= 11 is 2.18. The molecule has 0 atom stereocenters. The molecule has 7 N–H and O–H groups in total. The van der Waals surface area contributed by atoms with Crippen LogP contribution in [0.25, 0.3) is 22.3 Å². The van der Waals surface area contributed by atoms with Gasteiger partial charge in [-0.3, -0.25) is 14.2 Å². The molecular weight excluding hydrogens is 825 g/mol. The molecule has 0 aliphatic heterocycles. The third-order valence-corrected chi connectivity index (χ3v) is 12.3. The molecule has 0 saturated heterocycles. The first-order chi connectivity index (χ1) is 27.1. The summed E-state index contributed by atoms with van der Waals surface area (Å²) in [6.45, 7) is 1.37. The number of thiazole rings is 2. The third kappa shape index (κ3) is 7.66. The SMILES string of the molecule is Cc1c(N=Nc2ccc(S(=O)(=O)Nc3nccs3)cc2)c(O)c(N=Nc2ccc(S(=O)(=O)Nc3nccs3)cc2)c2oc(-c3cc(O)c(O)c(O)c3)c(O)c(=O)c12. The van der Waals surface area contributed by atoms with Gasteiger partial charge in [0, 0.05) is 28.7 Å². The maximum atomic E-state index is 13.8. The summed E-state index contributed by atoms with van der Waals surface area (Å²) in [5.74, 6) is -4.79. The van der Waals surface area contributed by atoms with Crippen molar-refractivity contribution in [3.05, 3.63) is 99.6 Å². The van der Waals surface area contributed by atoms with Crippen molar-refractivity contribution in [1.29, 1.82) is 0 Å². The summed E-state index contributed by atoms with van der Waals surface area (Å²) in [7, 11) is -7.99. The van der Waals surface area contributed by atoms with Crippen LogP contribution in [0.3, 0.4) is 0 Å². The van der Waals surface area contributed by atoms with Crippen LogP contribution >= 0.6 is 22.7 Å². The largest absolute Gasteiger partial charge is 0.504 e. The number of phenolic OH excluding ortho intramolecular Hbond substituents is 4. The van der Waals surface area contributed by atoms with Gasteiger partial charge in [0.15, 0.2) is 50.3 Å². The minimum absolute atomic E-state index is 0.0497. The Hall–Kier alpha value is -6.95. The van der Waals surface area contributed by atoms with Gasteiger partial charge in [-0.2, -0.15) is 10.2 Å². The van der Waals surface area contributed by atoms with Gasteiger partial charge < -0.3 is 29.9 Å². The lowest BCUT2D eigenvalue weighted by atomic mass is 10.0. The number of aromatic hydroxyl groups is 5. The van der Waals surface area contributed by atoms with Crippen molar-refractivity contribution in [3.8, 4) is 40.1 Å². The maximum Gasteiger partial charge on any atom is 0.263 e. The number of benzene rings is 4. The number of hydrogen-bond acceptors (Lipinski definition) is 19. The van der Waals surface area contributed by atoms with Crippen LogP contribution in [0, 0.1) is 6.92 Å². The molecule has 0 bridgehead atoms. The Balaban J connectivity index is 1.31. The van der Waals surface area contributed by atoms with Gasteiger partial charge in [-0.25, -0.2) is 26.8 Å². The monoisotopic (exact) mass is 848 g/mol. The summed E-state index contributed by atoms with van der Waals surface area (Å²) in [6, 6.07) is 12.1. The van der Waals surface area contributed by atoms with E-state index in [1.54, 1.807) is 10.8 Å². The number of nitrogens with one attached hydrogen (secondary N) is 2. The fourth-order valence-electron chi connectivity index (χ4n) is 5.19. The van der Waals surface area contributed by atoms with Crippen molar-refractivity contribution in [2.45, 2.75) is 16.7 Å². The number of nitrogens with zero attached hydrogens (tertiary/aromatic N) is 6. The van der Waals surface area contributed by atoms with Crippen LogP contribution in [0.1, 0.15) is 5.56 Å². The normalized spacial score (nSPS) is 12.2. The third-order valence-electron chi connectivity index (χ3n) is 7.95. The van der Waals surface area contributed by atoms with Gasteiger partial charge in [0.1, 0.15) is 5.69 Å². The zero-order chi connectivity index (χ0) is 40.6. The molecule has 57 heavy (non-hydrogen) atoms. The van der Waals surface area contributed by atoms with E-state index < -0.39 is 71.3 Å². The zero-order valence-electron chi connectivity index (χ0n) is 28.6. The molecule has 0 saturated carbocycles. The molecule has 0 aliphatic rings. The first-order valence-corrected chi connectivity index (χ1v) is 20.5. The highest BCUT2D eigenvalue weighted by atomic mass is 32.2. The topological polar surface area (TPSA) is 299 Å². The highest BCUT2D eigenvalue weighted by molar-refractivity contribution is 7.93. The first kappa shape index (κ1) is 38.3. The van der Waals surface area contributed by atoms with Crippen molar-refractivity contribution >= 4 is 86.7 Å². The van der Waals surface area contributed by atoms with Gasteiger partial charge in [-0.1, -0.05) is 0 Å². The van der Waals surface area contributed by atoms with Gasteiger partial charge in [-0.15, -0.1) is 32.9 Å². The van der Waals surface area contributed by atoms with Crippen molar-refractivity contribution in [2.75, 3.05) is 9.44 Å². The molecule has 0 amide bonds. The van der Waals surface area contributed by atoms with E-state index in [4.69, 9.17) is 4.42 Å². The predicted octanol–water partition coefficient (Wildman–Crippen LogP) is 7.64. The second kappa shape index (κ2) is 14.9. The van der Waals surface area contributed by atoms with Crippen LogP contribution in [0.4, 0.5) is 33.0 Å². The van der Waals surface area contributed by atoms with E-state index in [0.29, 0.717) is 0 Å². The molecular formula is C34H24N8O11S4. The molecule has 23 heteroatoms. The molecule has 7 rings (SSSR count). The van der Waals surface area contributed by atoms with E-state index in [-0.39, 0.29) is 53.6 Å². The second-order valence-electron chi connectivity index (χ2n) is 11.6. The van der Waals surface area contributed by atoms with Crippen LogP contribution in [0.2, 0.25) is 0 Å². The fourth-order valence-corrected chi connectivity index (χ4v) is 8.77. The number of sulfonamides is 2. The van der Waals surface area contributed by atoms with Crippen LogP contribution in [-0.2, 0) is 20.0 Å². The molecule has 290 valence electrons. The quantitative estimate of drug-likeness (QED) is 0.0487. The standard InChI is InChI=1S/C34H24N8O11S4/c1-16-24-28(46)30(48)31(17-14-22(43)27(45)23(44)15-17)53-32(24)26(40-38-19-4-8-21(9-5-19)57(51,52)42-34-36-11-13-55-34)29(47)25(16)39-37-18-2-6-20(7-3-18)56(49,50)41-33-35-10-12-54-33/h2-15,43-45,47-48H,1H3,(H,35,41)(H,36,42). The van der Waals surface area contributed by atoms with Gasteiger partial charge in [0.25, 0.3) is 20.0 Å². The molecule has 3 heterocycles. The molecule has 0 unspecified atom stereocenters. The number of aromatic nitrogens is 2.